The number of imide groups is 1. The molecule has 0 aromatic heterocycles. The molecule has 2 aliphatic heterocycles. The summed E-state index contributed by atoms with van der Waals surface area (Å²) < 4.78 is 18.0. The predicted octanol–water partition coefficient (Wildman–Crippen LogP) is 1.54. The first-order valence-electron chi connectivity index (χ1n) is 7.01. The molecule has 1 aromatic carbocycles. The average Bonchev–Trinajstić information content (AvgIpc) is 3.07. The Bertz CT molecular complexity index is 639. The minimum absolute atomic E-state index is 0.0233. The van der Waals surface area contributed by atoms with Crippen molar-refractivity contribution < 1.29 is 23.5 Å². The van der Waals surface area contributed by atoms with Crippen LogP contribution in [-0.4, -0.2) is 47.4 Å². The normalized spacial score (nSPS) is 20.5. The Kier molecular flexibility index (Phi) is 3.56. The van der Waals surface area contributed by atoms with Gasteiger partial charge in [-0.15, -0.1) is 0 Å². The van der Waals surface area contributed by atoms with Gasteiger partial charge < -0.3 is 9.64 Å². The van der Waals surface area contributed by atoms with E-state index in [4.69, 9.17) is 0 Å². The molecule has 0 saturated carbocycles. The van der Waals surface area contributed by atoms with E-state index in [1.165, 1.54) is 19.2 Å². The molecule has 0 spiro atoms. The average molecular weight is 306 g/mol. The Morgan fingerprint density at radius 3 is 2.86 bits per heavy atom. The van der Waals surface area contributed by atoms with Crippen LogP contribution < -0.4 is 0 Å². The summed E-state index contributed by atoms with van der Waals surface area (Å²) in [6.07, 6.45) is 1.48. The predicted molar refractivity (Wildman–Crippen MR) is 73.4 cm³/mol. The fourth-order valence-corrected chi connectivity index (χ4v) is 2.98. The lowest BCUT2D eigenvalue weighted by Gasteiger charge is -2.17. The number of carbonyl (C=O) groups is 3. The van der Waals surface area contributed by atoms with Crippen LogP contribution >= 0.6 is 0 Å². The van der Waals surface area contributed by atoms with E-state index in [1.54, 1.807) is 4.90 Å². The summed E-state index contributed by atoms with van der Waals surface area (Å²) in [5.74, 6) is -1.54. The molecule has 0 radical (unpaired) electrons. The summed E-state index contributed by atoms with van der Waals surface area (Å²) >= 11 is 0. The Morgan fingerprint density at radius 2 is 2.18 bits per heavy atom. The third-order valence-corrected chi connectivity index (χ3v) is 4.09. The monoisotopic (exact) mass is 306 g/mol. The maximum Gasteiger partial charge on any atom is 0.338 e. The van der Waals surface area contributed by atoms with Gasteiger partial charge >= 0.3 is 12.0 Å². The zero-order valence-electron chi connectivity index (χ0n) is 12.0. The van der Waals surface area contributed by atoms with Gasteiger partial charge in [-0.05, 0) is 30.5 Å². The Morgan fingerprint density at radius 1 is 1.41 bits per heavy atom. The zero-order valence-corrected chi connectivity index (χ0v) is 12.0. The Hall–Kier alpha value is -2.44. The fraction of sp³-hybridized carbons (Fsp3) is 0.400. The van der Waals surface area contributed by atoms with E-state index in [0.717, 1.165) is 17.4 Å². The second-order valence-electron chi connectivity index (χ2n) is 5.35. The number of amides is 3. The molecular weight excluding hydrogens is 291 g/mol. The zero-order chi connectivity index (χ0) is 15.9. The van der Waals surface area contributed by atoms with Crippen LogP contribution in [0.4, 0.5) is 9.18 Å². The first-order chi connectivity index (χ1) is 10.5. The van der Waals surface area contributed by atoms with Gasteiger partial charge in [0.05, 0.1) is 19.2 Å². The molecule has 1 aromatic rings. The molecule has 7 heteroatoms. The summed E-state index contributed by atoms with van der Waals surface area (Å²) in [6.45, 7) is 0.508. The van der Waals surface area contributed by atoms with E-state index < -0.39 is 17.8 Å². The number of hydrogen-bond donors (Lipinski definition) is 0. The number of esters is 1. The van der Waals surface area contributed by atoms with E-state index in [0.29, 0.717) is 18.5 Å². The molecule has 116 valence electrons. The lowest BCUT2D eigenvalue weighted by atomic mass is 10.1. The molecule has 2 heterocycles. The van der Waals surface area contributed by atoms with Gasteiger partial charge in [0, 0.05) is 6.54 Å². The number of hydrogen-bond acceptors (Lipinski definition) is 4. The van der Waals surface area contributed by atoms with Crippen LogP contribution in [-0.2, 0) is 16.1 Å². The quantitative estimate of drug-likeness (QED) is 0.627. The number of halogens is 1. The summed E-state index contributed by atoms with van der Waals surface area (Å²) in [5, 5.41) is 0. The second kappa shape index (κ2) is 5.40. The van der Waals surface area contributed by atoms with Crippen molar-refractivity contribution in [2.75, 3.05) is 13.7 Å². The molecule has 3 amide bonds. The maximum atomic E-state index is 13.3. The number of carbonyl (C=O) groups excluding carboxylic acids is 3. The molecule has 6 nitrogen and oxygen atoms in total. The molecule has 0 bridgehead atoms. The number of fused-ring (bicyclic) bond motifs is 1. The van der Waals surface area contributed by atoms with Gasteiger partial charge in [-0.1, -0.05) is 6.07 Å². The van der Waals surface area contributed by atoms with Gasteiger partial charge in [0.1, 0.15) is 11.9 Å². The molecule has 22 heavy (non-hydrogen) atoms. The highest BCUT2D eigenvalue weighted by Crippen LogP contribution is 2.29. The van der Waals surface area contributed by atoms with Gasteiger partial charge in [-0.2, -0.15) is 0 Å². The largest absolute Gasteiger partial charge is 0.465 e. The Labute approximate surface area is 126 Å². The first-order valence-corrected chi connectivity index (χ1v) is 7.01. The minimum Gasteiger partial charge on any atom is -0.465 e. The molecule has 0 unspecified atom stereocenters. The number of rotatable bonds is 3. The molecule has 2 fully saturated rings. The number of methoxy groups -OCH3 is 1. The highest BCUT2D eigenvalue weighted by Gasteiger charge is 2.47. The highest BCUT2D eigenvalue weighted by molar-refractivity contribution is 6.04. The van der Waals surface area contributed by atoms with E-state index in [2.05, 4.69) is 4.74 Å². The summed E-state index contributed by atoms with van der Waals surface area (Å²) in [4.78, 5) is 38.9. The van der Waals surface area contributed by atoms with Crippen molar-refractivity contribution in [1.82, 2.24) is 9.80 Å². The van der Waals surface area contributed by atoms with Crippen LogP contribution in [0.2, 0.25) is 0 Å². The van der Waals surface area contributed by atoms with Crippen molar-refractivity contribution in [1.29, 1.82) is 0 Å². The van der Waals surface area contributed by atoms with E-state index >= 15 is 0 Å². The number of benzene rings is 1. The lowest BCUT2D eigenvalue weighted by Crippen LogP contribution is -2.33. The molecule has 2 saturated heterocycles. The van der Waals surface area contributed by atoms with Crippen molar-refractivity contribution in [3.63, 3.8) is 0 Å². The number of urea groups is 1. The topological polar surface area (TPSA) is 66.9 Å². The fourth-order valence-electron chi connectivity index (χ4n) is 2.98. The van der Waals surface area contributed by atoms with Crippen molar-refractivity contribution in [2.24, 2.45) is 0 Å². The molecule has 0 aliphatic carbocycles. The summed E-state index contributed by atoms with van der Waals surface area (Å²) in [7, 11) is 1.19. The van der Waals surface area contributed by atoms with E-state index in [1.807, 2.05) is 0 Å². The van der Waals surface area contributed by atoms with Crippen LogP contribution in [0.25, 0.3) is 0 Å². The van der Waals surface area contributed by atoms with Crippen LogP contribution in [0.1, 0.15) is 28.8 Å². The van der Waals surface area contributed by atoms with Gasteiger partial charge in [0.2, 0.25) is 0 Å². The van der Waals surface area contributed by atoms with Gasteiger partial charge in [0.25, 0.3) is 5.91 Å². The second-order valence-corrected chi connectivity index (χ2v) is 5.35. The first kappa shape index (κ1) is 14.5. The molecular formula is C15H15FN2O4. The van der Waals surface area contributed by atoms with Crippen molar-refractivity contribution in [3.8, 4) is 0 Å². The molecule has 1 atom stereocenters. The highest BCUT2D eigenvalue weighted by atomic mass is 19.1. The van der Waals surface area contributed by atoms with Gasteiger partial charge in [0.15, 0.2) is 0 Å². The van der Waals surface area contributed by atoms with Gasteiger partial charge in [-0.3, -0.25) is 9.69 Å². The van der Waals surface area contributed by atoms with Crippen molar-refractivity contribution in [2.45, 2.75) is 25.4 Å². The SMILES string of the molecule is COC(=O)c1cc(F)ccc1CN1C(=O)[C@@H]2CCCN2C1=O. The summed E-state index contributed by atoms with van der Waals surface area (Å²) in [6, 6.07) is 2.88. The van der Waals surface area contributed by atoms with Crippen molar-refractivity contribution in [3.05, 3.63) is 35.1 Å². The maximum absolute atomic E-state index is 13.3. The third-order valence-electron chi connectivity index (χ3n) is 4.09. The third kappa shape index (κ3) is 2.22. The summed E-state index contributed by atoms with van der Waals surface area (Å²) in [5.41, 5.74) is 0.409. The molecule has 0 N–H and O–H groups in total. The van der Waals surface area contributed by atoms with Gasteiger partial charge in [-0.25, -0.2) is 14.0 Å². The molecule has 2 aliphatic rings. The molecule has 3 rings (SSSR count). The number of ether oxygens (including phenoxy) is 1. The minimum atomic E-state index is -0.700. The Balaban J connectivity index is 1.89. The smallest absolute Gasteiger partial charge is 0.338 e. The van der Waals surface area contributed by atoms with Crippen LogP contribution in [0.5, 0.6) is 0 Å². The lowest BCUT2D eigenvalue weighted by molar-refractivity contribution is -0.128. The van der Waals surface area contributed by atoms with E-state index in [9.17, 15) is 18.8 Å². The van der Waals surface area contributed by atoms with Crippen molar-refractivity contribution >= 4 is 17.9 Å². The van der Waals surface area contributed by atoms with Crippen LogP contribution in [0.3, 0.4) is 0 Å². The van der Waals surface area contributed by atoms with Crippen LogP contribution in [0.15, 0.2) is 18.2 Å². The van der Waals surface area contributed by atoms with Crippen LogP contribution in [0, 0.1) is 5.82 Å². The standard InChI is InChI=1S/C15H15FN2O4/c1-22-14(20)11-7-10(16)5-4-9(11)8-18-13(19)12-3-2-6-17(12)15(18)21/h4-5,7,12H,2-3,6,8H2,1H3/t12-/m0/s1. The van der Waals surface area contributed by atoms with E-state index in [-0.39, 0.29) is 24.0 Å². The number of nitrogens with zero attached hydrogens (tertiary/aromatic N) is 2.